The van der Waals surface area contributed by atoms with Crippen LogP contribution in [0.25, 0.3) is 0 Å². The number of carbonyl (C=O) groups excluding carboxylic acids is 1. The molecule has 0 bridgehead atoms. The van der Waals surface area contributed by atoms with E-state index >= 15 is 4.39 Å². The number of alkyl halides is 3. The molecule has 2 saturated carbocycles. The van der Waals surface area contributed by atoms with E-state index in [0.29, 0.717) is 50.6 Å². The largest absolute Gasteiger partial charge is 0.481 e. The van der Waals surface area contributed by atoms with Crippen LogP contribution in [0.5, 0.6) is 0 Å². The van der Waals surface area contributed by atoms with Crippen molar-refractivity contribution in [2.45, 2.75) is 63.1 Å². The van der Waals surface area contributed by atoms with Gasteiger partial charge in [0.2, 0.25) is 0 Å². The molecule has 5 rings (SSSR count). The van der Waals surface area contributed by atoms with Crippen LogP contribution in [0.15, 0.2) is 36.4 Å². The van der Waals surface area contributed by atoms with Crippen LogP contribution in [-0.2, 0) is 22.2 Å². The Bertz CT molecular complexity index is 1380. The third-order valence-electron chi connectivity index (χ3n) is 8.21. The first-order valence-corrected chi connectivity index (χ1v) is 12.7. The minimum atomic E-state index is -5.14. The number of aliphatic carboxylic acids is 1. The number of thiocarbonyl (C=S) groups is 1. The zero-order valence-corrected chi connectivity index (χ0v) is 21.0. The third kappa shape index (κ3) is 3.85. The molecule has 6 nitrogen and oxygen atoms in total. The maximum atomic E-state index is 15.3. The number of rotatable bonds is 6. The number of halogens is 4. The highest BCUT2D eigenvalue weighted by Crippen LogP contribution is 2.49. The Morgan fingerprint density at radius 2 is 1.71 bits per heavy atom. The van der Waals surface area contributed by atoms with Crippen LogP contribution >= 0.6 is 12.2 Å². The second-order valence-electron chi connectivity index (χ2n) is 10.2. The van der Waals surface area contributed by atoms with E-state index < -0.39 is 51.6 Å². The van der Waals surface area contributed by atoms with Gasteiger partial charge in [0.1, 0.15) is 11.1 Å². The molecule has 1 amide bonds. The molecule has 3 fully saturated rings. The maximum absolute atomic E-state index is 15.3. The number of carboxylic acid groups (broad SMARTS) is 1. The van der Waals surface area contributed by atoms with E-state index in [4.69, 9.17) is 17.5 Å². The average molecular weight is 546 g/mol. The van der Waals surface area contributed by atoms with E-state index in [1.54, 1.807) is 17.0 Å². The van der Waals surface area contributed by atoms with Gasteiger partial charge in [-0.05, 0) is 87.0 Å². The molecule has 2 aromatic rings. The maximum Gasteiger partial charge on any atom is 0.420 e. The van der Waals surface area contributed by atoms with Crippen molar-refractivity contribution in [1.82, 2.24) is 0 Å². The molecule has 1 saturated heterocycles. The van der Waals surface area contributed by atoms with E-state index in [-0.39, 0.29) is 5.11 Å². The molecular formula is C27H23F4N3O3S. The van der Waals surface area contributed by atoms with Gasteiger partial charge in [0, 0.05) is 5.69 Å². The highest BCUT2D eigenvalue weighted by Gasteiger charge is 2.60. The van der Waals surface area contributed by atoms with Crippen molar-refractivity contribution >= 4 is 40.6 Å². The van der Waals surface area contributed by atoms with Crippen LogP contribution in [0.3, 0.4) is 0 Å². The molecule has 0 unspecified atom stereocenters. The van der Waals surface area contributed by atoms with E-state index in [1.807, 2.05) is 12.1 Å². The highest BCUT2D eigenvalue weighted by atomic mass is 32.1. The molecule has 2 aromatic carbocycles. The van der Waals surface area contributed by atoms with E-state index in [1.165, 1.54) is 6.07 Å². The summed E-state index contributed by atoms with van der Waals surface area (Å²) in [5, 5.41) is 18.5. The predicted molar refractivity (Wildman–Crippen MR) is 134 cm³/mol. The lowest BCUT2D eigenvalue weighted by atomic mass is 9.66. The Morgan fingerprint density at radius 1 is 1.08 bits per heavy atom. The molecule has 2 aliphatic carbocycles. The third-order valence-corrected chi connectivity index (χ3v) is 8.58. The smallest absolute Gasteiger partial charge is 0.420 e. The molecule has 38 heavy (non-hydrogen) atoms. The van der Waals surface area contributed by atoms with Gasteiger partial charge in [-0.15, -0.1) is 0 Å². The lowest BCUT2D eigenvalue weighted by molar-refractivity contribution is -0.155. The predicted octanol–water partition coefficient (Wildman–Crippen LogP) is 5.96. The topological polar surface area (TPSA) is 84.6 Å². The SMILES string of the molecule is N#Cc1ccc(N2C(=O)C3(CCC3)N(c3ccc(CCC4(C(=O)O)CCC4)cc3)C2=S)c(F)c1C(F)(F)F. The molecule has 3 aliphatic rings. The van der Waals surface area contributed by atoms with Crippen molar-refractivity contribution in [3.05, 3.63) is 58.9 Å². The van der Waals surface area contributed by atoms with Gasteiger partial charge in [0.15, 0.2) is 10.9 Å². The monoisotopic (exact) mass is 545 g/mol. The number of benzene rings is 2. The standard InChI is InChI=1S/C27H23F4N3O3S/c28-21-19(8-5-17(15-32)20(21)27(29,30)31)33-22(35)26(12-2-13-26)34(24(33)38)18-6-3-16(4-7-18)9-14-25(23(36)37)10-1-11-25/h3-8H,1-2,9-14H2,(H,36,37). The number of nitrogens with zero attached hydrogens (tertiary/aromatic N) is 3. The van der Waals surface area contributed by atoms with Gasteiger partial charge in [-0.3, -0.25) is 14.5 Å². The van der Waals surface area contributed by atoms with Crippen LogP contribution in [0.4, 0.5) is 28.9 Å². The molecule has 0 atom stereocenters. The van der Waals surface area contributed by atoms with Crippen molar-refractivity contribution in [2.24, 2.45) is 5.41 Å². The average Bonchev–Trinajstić information content (AvgIpc) is 3.04. The summed E-state index contributed by atoms with van der Waals surface area (Å²) in [4.78, 5) is 27.6. The zero-order valence-electron chi connectivity index (χ0n) is 20.1. The van der Waals surface area contributed by atoms with Crippen molar-refractivity contribution in [1.29, 1.82) is 5.26 Å². The number of carbonyl (C=O) groups is 2. The van der Waals surface area contributed by atoms with E-state index in [9.17, 15) is 27.9 Å². The fourth-order valence-corrected chi connectivity index (χ4v) is 6.13. The Balaban J connectivity index is 1.46. The molecule has 0 aromatic heterocycles. The molecule has 1 spiro atoms. The summed E-state index contributed by atoms with van der Waals surface area (Å²) in [6.45, 7) is 0. The summed E-state index contributed by atoms with van der Waals surface area (Å²) in [7, 11) is 0. The number of nitriles is 1. The molecule has 0 radical (unpaired) electrons. The van der Waals surface area contributed by atoms with Crippen molar-refractivity contribution in [3.63, 3.8) is 0 Å². The van der Waals surface area contributed by atoms with Crippen LogP contribution in [-0.4, -0.2) is 27.6 Å². The van der Waals surface area contributed by atoms with Gasteiger partial charge in [-0.2, -0.15) is 18.4 Å². The van der Waals surface area contributed by atoms with Gasteiger partial charge < -0.3 is 10.0 Å². The first-order valence-electron chi connectivity index (χ1n) is 12.3. The highest BCUT2D eigenvalue weighted by molar-refractivity contribution is 7.81. The Labute approximate surface area is 221 Å². The molecule has 11 heteroatoms. The van der Waals surface area contributed by atoms with Crippen LogP contribution in [0.2, 0.25) is 0 Å². The van der Waals surface area contributed by atoms with Gasteiger partial charge >= 0.3 is 12.1 Å². The number of hydrogen-bond acceptors (Lipinski definition) is 4. The lowest BCUT2D eigenvalue weighted by Gasteiger charge is -2.43. The van der Waals surface area contributed by atoms with Crippen molar-refractivity contribution in [2.75, 3.05) is 9.80 Å². The minimum Gasteiger partial charge on any atom is -0.481 e. The van der Waals surface area contributed by atoms with Gasteiger partial charge in [0.25, 0.3) is 5.91 Å². The number of hydrogen-bond donors (Lipinski definition) is 1. The number of carboxylic acids is 1. The van der Waals surface area contributed by atoms with Gasteiger partial charge in [0.05, 0.1) is 22.7 Å². The normalized spacial score (nSPS) is 19.8. The summed E-state index contributed by atoms with van der Waals surface area (Å²) in [6, 6.07) is 10.3. The first kappa shape index (κ1) is 26.1. The fraction of sp³-hybridized carbons (Fsp3) is 0.407. The minimum absolute atomic E-state index is 0.140. The number of amides is 1. The van der Waals surface area contributed by atoms with Crippen LogP contribution in [0.1, 0.15) is 61.6 Å². The second-order valence-corrected chi connectivity index (χ2v) is 10.5. The molecular weight excluding hydrogens is 522 g/mol. The van der Waals surface area contributed by atoms with E-state index in [2.05, 4.69) is 0 Å². The Morgan fingerprint density at radius 3 is 2.18 bits per heavy atom. The number of aryl methyl sites for hydroxylation is 1. The lowest BCUT2D eigenvalue weighted by Crippen LogP contribution is -2.55. The Kier molecular flexibility index (Phi) is 6.21. The Hall–Kier alpha value is -3.52. The van der Waals surface area contributed by atoms with E-state index in [0.717, 1.165) is 29.0 Å². The summed E-state index contributed by atoms with van der Waals surface area (Å²) >= 11 is 5.55. The summed E-state index contributed by atoms with van der Waals surface area (Å²) in [5.74, 6) is -3.11. The van der Waals surface area contributed by atoms with Crippen molar-refractivity contribution in [3.8, 4) is 6.07 Å². The van der Waals surface area contributed by atoms with Crippen molar-refractivity contribution < 1.29 is 32.3 Å². The molecule has 1 aliphatic heterocycles. The van der Waals surface area contributed by atoms with Gasteiger partial charge in [-0.25, -0.2) is 4.39 Å². The summed E-state index contributed by atoms with van der Waals surface area (Å²) in [5.41, 5.74) is -3.62. The van der Waals surface area contributed by atoms with Gasteiger partial charge in [-0.1, -0.05) is 18.6 Å². The number of anilines is 2. The first-order chi connectivity index (χ1) is 17.9. The fourth-order valence-electron chi connectivity index (χ4n) is 5.67. The zero-order chi connectivity index (χ0) is 27.5. The second kappa shape index (κ2) is 9.05. The molecule has 198 valence electrons. The molecule has 1 N–H and O–H groups in total. The summed E-state index contributed by atoms with van der Waals surface area (Å²) < 4.78 is 56.1. The van der Waals surface area contributed by atoms with Crippen LogP contribution < -0.4 is 9.80 Å². The molecule has 1 heterocycles. The van der Waals surface area contributed by atoms with Crippen LogP contribution in [0, 0.1) is 22.6 Å². The quantitative estimate of drug-likeness (QED) is 0.356. The summed E-state index contributed by atoms with van der Waals surface area (Å²) in [6.07, 6.45) is -0.367.